The maximum Gasteiger partial charge on any atom is 0.305 e. The summed E-state index contributed by atoms with van der Waals surface area (Å²) in [7, 11) is 0. The molecule has 2 N–H and O–H groups in total. The first kappa shape index (κ1) is 51.5. The fourth-order valence-electron chi connectivity index (χ4n) is 6.83. The van der Waals surface area contributed by atoms with Crippen molar-refractivity contribution in [2.24, 2.45) is 0 Å². The second-order valence-corrected chi connectivity index (χ2v) is 15.5. The standard InChI is InChI=1S/C38H76O3.C8H18O/c1-2-3-4-5-6-7-8-9-10-11-12-16-19-22-25-28-31-34-37-41-38(40)35-32-29-26-23-20-17-14-13-15-18-21-24-27-30-33-36-39;1-2-3-4-5-6-7-8-9/h39H,2-37H2,1H3;9H,2-8H2,1H3. The molecular weight excluding hydrogens is 617 g/mol. The van der Waals surface area contributed by atoms with Crippen LogP contribution in [0.1, 0.15) is 271 Å². The van der Waals surface area contributed by atoms with Crippen LogP contribution in [0.5, 0.6) is 0 Å². The molecule has 0 aromatic heterocycles. The number of carbonyl (C=O) groups excluding carboxylic acids is 1. The molecule has 0 rings (SSSR count). The normalized spacial score (nSPS) is 11.1. The summed E-state index contributed by atoms with van der Waals surface area (Å²) >= 11 is 0. The van der Waals surface area contributed by atoms with Crippen LogP contribution in [0.3, 0.4) is 0 Å². The maximum absolute atomic E-state index is 11.9. The van der Waals surface area contributed by atoms with Gasteiger partial charge in [0.2, 0.25) is 0 Å². The van der Waals surface area contributed by atoms with Gasteiger partial charge >= 0.3 is 5.97 Å². The molecule has 0 aliphatic rings. The highest BCUT2D eigenvalue weighted by atomic mass is 16.5. The Balaban J connectivity index is 0. The third kappa shape index (κ3) is 51.8. The van der Waals surface area contributed by atoms with E-state index in [1.807, 2.05) is 0 Å². The molecule has 0 fully saturated rings. The van der Waals surface area contributed by atoms with Crippen LogP contribution >= 0.6 is 0 Å². The zero-order valence-electron chi connectivity index (χ0n) is 34.6. The van der Waals surface area contributed by atoms with Crippen LogP contribution in [-0.2, 0) is 9.53 Å². The molecule has 0 radical (unpaired) electrons. The summed E-state index contributed by atoms with van der Waals surface area (Å²) in [4.78, 5) is 11.9. The molecule has 0 heterocycles. The fourth-order valence-corrected chi connectivity index (χ4v) is 6.83. The molecule has 0 saturated carbocycles. The van der Waals surface area contributed by atoms with Gasteiger partial charge in [-0.2, -0.15) is 0 Å². The average Bonchev–Trinajstić information content (AvgIpc) is 3.12. The van der Waals surface area contributed by atoms with Crippen LogP contribution in [0.15, 0.2) is 0 Å². The molecule has 0 unspecified atom stereocenters. The molecule has 50 heavy (non-hydrogen) atoms. The Hall–Kier alpha value is -0.610. The van der Waals surface area contributed by atoms with E-state index in [4.69, 9.17) is 14.9 Å². The summed E-state index contributed by atoms with van der Waals surface area (Å²) < 4.78 is 5.45. The number of unbranched alkanes of at least 4 members (excludes halogenated alkanes) is 36. The lowest BCUT2D eigenvalue weighted by Crippen LogP contribution is -2.05. The molecule has 302 valence electrons. The number of hydrogen-bond acceptors (Lipinski definition) is 4. The van der Waals surface area contributed by atoms with Crippen LogP contribution in [-0.4, -0.2) is 36.0 Å². The van der Waals surface area contributed by atoms with Gasteiger partial charge in [0.25, 0.3) is 0 Å². The van der Waals surface area contributed by atoms with Gasteiger partial charge in [-0.25, -0.2) is 0 Å². The van der Waals surface area contributed by atoms with E-state index in [9.17, 15) is 4.79 Å². The monoisotopic (exact) mass is 711 g/mol. The van der Waals surface area contributed by atoms with Gasteiger partial charge in [0.15, 0.2) is 0 Å². The van der Waals surface area contributed by atoms with Gasteiger partial charge in [-0.05, 0) is 25.7 Å². The molecule has 4 heteroatoms. The van der Waals surface area contributed by atoms with Crippen molar-refractivity contribution >= 4 is 5.97 Å². The fraction of sp³-hybridized carbons (Fsp3) is 0.978. The highest BCUT2D eigenvalue weighted by molar-refractivity contribution is 5.69. The van der Waals surface area contributed by atoms with Crippen molar-refractivity contribution in [1.82, 2.24) is 0 Å². The minimum atomic E-state index is 0.0189. The SMILES string of the molecule is CCCCCCCCCCCCCCCCCCCCOC(=O)CCCCCCCCCCCCCCCCCO.CCCCCCCCO. The summed E-state index contributed by atoms with van der Waals surface area (Å²) in [5, 5.41) is 17.2. The first-order valence-electron chi connectivity index (χ1n) is 23.1. The molecule has 0 aliphatic heterocycles. The van der Waals surface area contributed by atoms with Crippen molar-refractivity contribution in [2.75, 3.05) is 19.8 Å². The number of aliphatic hydroxyl groups is 2. The lowest BCUT2D eigenvalue weighted by molar-refractivity contribution is -0.143. The van der Waals surface area contributed by atoms with Crippen molar-refractivity contribution < 1.29 is 19.7 Å². The highest BCUT2D eigenvalue weighted by Gasteiger charge is 2.03. The van der Waals surface area contributed by atoms with Gasteiger partial charge in [-0.15, -0.1) is 0 Å². The van der Waals surface area contributed by atoms with E-state index in [1.54, 1.807) is 0 Å². The van der Waals surface area contributed by atoms with E-state index < -0.39 is 0 Å². The second kappa shape index (κ2) is 50.5. The quantitative estimate of drug-likeness (QED) is 0.0489. The maximum atomic E-state index is 11.9. The molecule has 0 atom stereocenters. The van der Waals surface area contributed by atoms with E-state index in [0.717, 1.165) is 25.7 Å². The third-order valence-electron chi connectivity index (χ3n) is 10.3. The number of esters is 1. The van der Waals surface area contributed by atoms with Gasteiger partial charge in [-0.1, -0.05) is 239 Å². The van der Waals surface area contributed by atoms with E-state index in [1.165, 1.54) is 225 Å². The van der Waals surface area contributed by atoms with Crippen LogP contribution in [0, 0.1) is 0 Å². The summed E-state index contributed by atoms with van der Waals surface area (Å²) in [5.41, 5.74) is 0. The molecule has 0 saturated heterocycles. The van der Waals surface area contributed by atoms with E-state index in [0.29, 0.717) is 26.2 Å². The largest absolute Gasteiger partial charge is 0.466 e. The van der Waals surface area contributed by atoms with E-state index in [-0.39, 0.29) is 5.97 Å². The Bertz CT molecular complexity index is 574. The zero-order valence-corrected chi connectivity index (χ0v) is 34.6. The number of carbonyl (C=O) groups is 1. The third-order valence-corrected chi connectivity index (χ3v) is 10.3. The van der Waals surface area contributed by atoms with E-state index in [2.05, 4.69) is 13.8 Å². The van der Waals surface area contributed by atoms with Gasteiger partial charge < -0.3 is 14.9 Å². The van der Waals surface area contributed by atoms with Crippen LogP contribution < -0.4 is 0 Å². The van der Waals surface area contributed by atoms with Gasteiger partial charge in [0.05, 0.1) is 6.61 Å². The van der Waals surface area contributed by atoms with E-state index >= 15 is 0 Å². The number of rotatable bonds is 42. The van der Waals surface area contributed by atoms with Crippen LogP contribution in [0.25, 0.3) is 0 Å². The topological polar surface area (TPSA) is 66.8 Å². The Kier molecular flexibility index (Phi) is 52.0. The first-order chi connectivity index (χ1) is 24.7. The molecule has 0 bridgehead atoms. The van der Waals surface area contributed by atoms with Gasteiger partial charge in [0.1, 0.15) is 0 Å². The van der Waals surface area contributed by atoms with Crippen molar-refractivity contribution in [3.8, 4) is 0 Å². The summed E-state index contributed by atoms with van der Waals surface area (Å²) in [6.07, 6.45) is 52.2. The summed E-state index contributed by atoms with van der Waals surface area (Å²) in [5.74, 6) is 0.0189. The summed E-state index contributed by atoms with van der Waals surface area (Å²) in [6.45, 7) is 5.85. The minimum absolute atomic E-state index is 0.0189. The Morgan fingerprint density at radius 1 is 0.320 bits per heavy atom. The lowest BCUT2D eigenvalue weighted by Gasteiger charge is -2.06. The Morgan fingerprint density at radius 2 is 0.540 bits per heavy atom. The number of hydrogen-bond donors (Lipinski definition) is 2. The number of ether oxygens (including phenoxy) is 1. The molecule has 4 nitrogen and oxygen atoms in total. The molecule has 0 aromatic carbocycles. The molecule has 0 aromatic rings. The molecule has 0 spiro atoms. The van der Waals surface area contributed by atoms with Crippen molar-refractivity contribution in [2.45, 2.75) is 271 Å². The second-order valence-electron chi connectivity index (χ2n) is 15.5. The first-order valence-corrected chi connectivity index (χ1v) is 23.1. The zero-order chi connectivity index (χ0) is 36.7. The Morgan fingerprint density at radius 3 is 0.800 bits per heavy atom. The smallest absolute Gasteiger partial charge is 0.305 e. The molecular formula is C46H94O4. The van der Waals surface area contributed by atoms with Crippen LogP contribution in [0.2, 0.25) is 0 Å². The number of aliphatic hydroxyl groups excluding tert-OH is 2. The lowest BCUT2D eigenvalue weighted by atomic mass is 10.0. The molecule has 0 amide bonds. The van der Waals surface area contributed by atoms with Gasteiger partial charge in [0, 0.05) is 19.6 Å². The van der Waals surface area contributed by atoms with Gasteiger partial charge in [-0.3, -0.25) is 4.79 Å². The van der Waals surface area contributed by atoms with Crippen molar-refractivity contribution in [3.63, 3.8) is 0 Å². The predicted molar refractivity (Wildman–Crippen MR) is 221 cm³/mol. The van der Waals surface area contributed by atoms with Crippen LogP contribution in [0.4, 0.5) is 0 Å². The Labute approximate surface area is 315 Å². The minimum Gasteiger partial charge on any atom is -0.466 e. The summed E-state index contributed by atoms with van der Waals surface area (Å²) in [6, 6.07) is 0. The molecule has 0 aliphatic carbocycles. The predicted octanol–water partition coefficient (Wildman–Crippen LogP) is 15.1. The highest BCUT2D eigenvalue weighted by Crippen LogP contribution is 2.16. The van der Waals surface area contributed by atoms with Crippen molar-refractivity contribution in [1.29, 1.82) is 0 Å². The van der Waals surface area contributed by atoms with Crippen molar-refractivity contribution in [3.05, 3.63) is 0 Å². The average molecular weight is 711 g/mol.